The van der Waals surface area contributed by atoms with Crippen molar-refractivity contribution >= 4 is 20.9 Å². The lowest BCUT2D eigenvalue weighted by Crippen LogP contribution is -2.12. The molecule has 3 aromatic heterocycles. The third-order valence-electron chi connectivity index (χ3n) is 4.53. The molecule has 0 atom stereocenters. The van der Waals surface area contributed by atoms with Gasteiger partial charge in [-0.15, -0.1) is 0 Å². The van der Waals surface area contributed by atoms with Crippen molar-refractivity contribution in [2.45, 2.75) is 57.7 Å². The molecule has 0 spiro atoms. The van der Waals surface area contributed by atoms with E-state index in [9.17, 15) is 8.42 Å². The molecule has 0 aliphatic rings. The maximum atomic E-state index is 12.3. The van der Waals surface area contributed by atoms with Gasteiger partial charge in [-0.05, 0) is 37.8 Å². The number of aryl methyl sites for hydroxylation is 3. The van der Waals surface area contributed by atoms with Gasteiger partial charge in [0.15, 0.2) is 0 Å². The van der Waals surface area contributed by atoms with E-state index in [0.717, 1.165) is 54.6 Å². The summed E-state index contributed by atoms with van der Waals surface area (Å²) in [5, 5.41) is -0.0939. The Morgan fingerprint density at radius 1 is 1.07 bits per heavy atom. The monoisotopic (exact) mass is 387 g/mol. The highest BCUT2D eigenvalue weighted by atomic mass is 32.2. The van der Waals surface area contributed by atoms with E-state index >= 15 is 0 Å². The molecule has 0 bridgehead atoms. The van der Waals surface area contributed by atoms with Gasteiger partial charge in [0, 0.05) is 31.6 Å². The van der Waals surface area contributed by atoms with Crippen LogP contribution in [0.25, 0.3) is 11.0 Å². The Labute approximate surface area is 159 Å². The van der Waals surface area contributed by atoms with Crippen molar-refractivity contribution in [3.8, 4) is 0 Å². The van der Waals surface area contributed by atoms with Crippen molar-refractivity contribution in [2.75, 3.05) is 5.75 Å². The highest BCUT2D eigenvalue weighted by molar-refractivity contribution is 7.91. The van der Waals surface area contributed by atoms with Crippen LogP contribution >= 0.6 is 0 Å². The first kappa shape index (κ1) is 19.4. The lowest BCUT2D eigenvalue weighted by atomic mass is 10.2. The number of hydrogen-bond donors (Lipinski definition) is 0. The SMILES string of the molecule is CCCCc1nc2cncc(C)c2n1CCCCS(=O)(=O)c1ncccn1. The Hall–Kier alpha value is -2.35. The number of nitrogens with zero attached hydrogens (tertiary/aromatic N) is 5. The van der Waals surface area contributed by atoms with E-state index in [-0.39, 0.29) is 10.9 Å². The number of unbranched alkanes of at least 4 members (excludes halogenated alkanes) is 2. The van der Waals surface area contributed by atoms with E-state index in [2.05, 4.69) is 26.4 Å². The van der Waals surface area contributed by atoms with E-state index in [0.29, 0.717) is 6.42 Å². The van der Waals surface area contributed by atoms with Crippen molar-refractivity contribution in [3.63, 3.8) is 0 Å². The molecule has 144 valence electrons. The number of aromatic nitrogens is 5. The molecule has 3 heterocycles. The standard InChI is InChI=1S/C19H25N5O2S/c1-3-4-8-17-23-16-14-20-13-15(2)18(16)24(17)11-5-6-12-27(25,26)19-21-9-7-10-22-19/h7,9-10,13-14H,3-6,8,11-12H2,1-2H3. The van der Waals surface area contributed by atoms with Crippen LogP contribution in [0.3, 0.4) is 0 Å². The molecular formula is C19H25N5O2S. The molecule has 0 aliphatic carbocycles. The highest BCUT2D eigenvalue weighted by Crippen LogP contribution is 2.21. The summed E-state index contributed by atoms with van der Waals surface area (Å²) in [5.74, 6) is 1.10. The molecule has 0 saturated carbocycles. The first-order valence-electron chi connectivity index (χ1n) is 9.32. The zero-order chi connectivity index (χ0) is 19.3. The van der Waals surface area contributed by atoms with Crippen molar-refractivity contribution in [2.24, 2.45) is 0 Å². The molecule has 3 aromatic rings. The average molecular weight is 388 g/mol. The fourth-order valence-electron chi connectivity index (χ4n) is 3.17. The minimum Gasteiger partial charge on any atom is -0.328 e. The van der Waals surface area contributed by atoms with Gasteiger partial charge in [-0.2, -0.15) is 0 Å². The normalized spacial score (nSPS) is 11.9. The van der Waals surface area contributed by atoms with Gasteiger partial charge in [0.25, 0.3) is 0 Å². The van der Waals surface area contributed by atoms with E-state index in [1.807, 2.05) is 13.1 Å². The van der Waals surface area contributed by atoms with Crippen molar-refractivity contribution in [1.29, 1.82) is 0 Å². The Kier molecular flexibility index (Phi) is 6.15. The van der Waals surface area contributed by atoms with Crippen molar-refractivity contribution in [3.05, 3.63) is 42.2 Å². The minimum absolute atomic E-state index is 0.0501. The summed E-state index contributed by atoms with van der Waals surface area (Å²) in [7, 11) is -3.43. The Balaban J connectivity index is 1.71. The summed E-state index contributed by atoms with van der Waals surface area (Å²) in [6.07, 6.45) is 11.0. The van der Waals surface area contributed by atoms with Crippen molar-refractivity contribution in [1.82, 2.24) is 24.5 Å². The van der Waals surface area contributed by atoms with Gasteiger partial charge >= 0.3 is 0 Å². The number of fused-ring (bicyclic) bond motifs is 1. The van der Waals surface area contributed by atoms with Crippen LogP contribution in [-0.4, -0.2) is 38.7 Å². The Morgan fingerprint density at radius 3 is 2.59 bits per heavy atom. The number of sulfone groups is 1. The third-order valence-corrected chi connectivity index (χ3v) is 6.12. The molecule has 0 radical (unpaired) electrons. The molecule has 0 aromatic carbocycles. The predicted molar refractivity (Wildman–Crippen MR) is 104 cm³/mol. The molecule has 0 fully saturated rings. The van der Waals surface area contributed by atoms with Gasteiger partial charge in [-0.25, -0.2) is 23.4 Å². The number of rotatable bonds is 9. The zero-order valence-corrected chi connectivity index (χ0v) is 16.6. The van der Waals surface area contributed by atoms with Gasteiger partial charge in [0.05, 0.1) is 17.5 Å². The van der Waals surface area contributed by atoms with Crippen LogP contribution < -0.4 is 0 Å². The number of imidazole rings is 1. The van der Waals surface area contributed by atoms with Gasteiger partial charge < -0.3 is 4.57 Å². The zero-order valence-electron chi connectivity index (χ0n) is 15.8. The Bertz CT molecular complexity index is 1000. The lowest BCUT2D eigenvalue weighted by molar-refractivity contribution is 0.571. The van der Waals surface area contributed by atoms with Crippen LogP contribution in [0.4, 0.5) is 0 Å². The van der Waals surface area contributed by atoms with Crippen LogP contribution in [0.15, 0.2) is 36.0 Å². The van der Waals surface area contributed by atoms with Crippen molar-refractivity contribution < 1.29 is 8.42 Å². The highest BCUT2D eigenvalue weighted by Gasteiger charge is 2.17. The average Bonchev–Trinajstić information content (AvgIpc) is 3.03. The third kappa shape index (κ3) is 4.50. The molecule has 0 amide bonds. The molecule has 27 heavy (non-hydrogen) atoms. The second-order valence-corrected chi connectivity index (χ2v) is 8.67. The van der Waals surface area contributed by atoms with E-state index in [4.69, 9.17) is 4.98 Å². The summed E-state index contributed by atoms with van der Waals surface area (Å²) in [6.45, 7) is 4.94. The number of pyridine rings is 1. The molecular weight excluding hydrogens is 362 g/mol. The molecule has 8 heteroatoms. The van der Waals surface area contributed by atoms with E-state index in [1.165, 1.54) is 12.4 Å². The fraction of sp³-hybridized carbons (Fsp3) is 0.474. The van der Waals surface area contributed by atoms with Gasteiger partial charge in [0.1, 0.15) is 11.3 Å². The molecule has 0 aliphatic heterocycles. The first-order chi connectivity index (χ1) is 13.0. The first-order valence-corrected chi connectivity index (χ1v) is 11.0. The smallest absolute Gasteiger partial charge is 0.246 e. The van der Waals surface area contributed by atoms with Crippen LogP contribution in [0.5, 0.6) is 0 Å². The van der Waals surface area contributed by atoms with Crippen LogP contribution in [0, 0.1) is 6.92 Å². The quantitative estimate of drug-likeness (QED) is 0.414. The Morgan fingerprint density at radius 2 is 1.85 bits per heavy atom. The molecule has 0 N–H and O–H groups in total. The van der Waals surface area contributed by atoms with E-state index in [1.54, 1.807) is 12.3 Å². The van der Waals surface area contributed by atoms with Gasteiger partial charge in [-0.1, -0.05) is 13.3 Å². The second kappa shape index (κ2) is 8.56. The summed E-state index contributed by atoms with van der Waals surface area (Å²) >= 11 is 0. The van der Waals surface area contributed by atoms with E-state index < -0.39 is 9.84 Å². The molecule has 0 unspecified atom stereocenters. The summed E-state index contributed by atoms with van der Waals surface area (Å²) < 4.78 is 26.9. The van der Waals surface area contributed by atoms with Crippen LogP contribution in [-0.2, 0) is 22.8 Å². The maximum absolute atomic E-state index is 12.3. The summed E-state index contributed by atoms with van der Waals surface area (Å²) in [6, 6.07) is 1.61. The molecule has 3 rings (SSSR count). The predicted octanol–water partition coefficient (Wildman–Crippen LogP) is 3.13. The summed E-state index contributed by atoms with van der Waals surface area (Å²) in [5.41, 5.74) is 3.10. The maximum Gasteiger partial charge on any atom is 0.246 e. The lowest BCUT2D eigenvalue weighted by Gasteiger charge is -2.10. The summed E-state index contributed by atoms with van der Waals surface area (Å²) in [4.78, 5) is 16.7. The number of hydrogen-bond acceptors (Lipinski definition) is 6. The van der Waals surface area contributed by atoms with Crippen LogP contribution in [0.1, 0.15) is 44.0 Å². The topological polar surface area (TPSA) is 90.6 Å². The largest absolute Gasteiger partial charge is 0.328 e. The second-order valence-electron chi connectivity index (χ2n) is 6.66. The van der Waals surface area contributed by atoms with Crippen LogP contribution in [0.2, 0.25) is 0 Å². The molecule has 0 saturated heterocycles. The minimum atomic E-state index is -3.43. The van der Waals surface area contributed by atoms with Gasteiger partial charge in [-0.3, -0.25) is 4.98 Å². The van der Waals surface area contributed by atoms with Gasteiger partial charge in [0.2, 0.25) is 15.0 Å². The molecule has 7 nitrogen and oxygen atoms in total. The fourth-order valence-corrected chi connectivity index (χ4v) is 4.38.